The van der Waals surface area contributed by atoms with Crippen molar-refractivity contribution in [2.24, 2.45) is 0 Å². The first-order valence-electron chi connectivity index (χ1n) is 8.04. The van der Waals surface area contributed by atoms with E-state index in [-0.39, 0.29) is 0 Å². The standard InChI is InChI=1S/C15H23N5O3SSi/c1-25(2,3)8-7-21-10-20-13-11(5-4-6-12(13)23-19-20)9-22-15-18-17-14(16)24-15/h4-6,19H,7-10H2,1-3H3,(H2,16,17). The fourth-order valence-electron chi connectivity index (χ4n) is 2.27. The van der Waals surface area contributed by atoms with Gasteiger partial charge in [0.05, 0.1) is 0 Å². The van der Waals surface area contributed by atoms with Crippen LogP contribution in [0.3, 0.4) is 0 Å². The lowest BCUT2D eigenvalue weighted by molar-refractivity contribution is 0.109. The summed E-state index contributed by atoms with van der Waals surface area (Å²) in [7, 11) is -1.10. The molecule has 25 heavy (non-hydrogen) atoms. The van der Waals surface area contributed by atoms with Gasteiger partial charge in [0.25, 0.3) is 5.19 Å². The molecule has 0 saturated heterocycles. The Hall–Kier alpha value is -1.88. The lowest BCUT2D eigenvalue weighted by Crippen LogP contribution is -2.37. The van der Waals surface area contributed by atoms with Crippen LogP contribution in [0.2, 0.25) is 25.7 Å². The highest BCUT2D eigenvalue weighted by Crippen LogP contribution is 2.35. The van der Waals surface area contributed by atoms with Crippen molar-refractivity contribution in [3.05, 3.63) is 23.8 Å². The number of hydrogen-bond donors (Lipinski definition) is 2. The van der Waals surface area contributed by atoms with Crippen molar-refractivity contribution in [2.45, 2.75) is 32.3 Å². The fraction of sp³-hybridized carbons (Fsp3) is 0.467. The molecular weight excluding hydrogens is 358 g/mol. The van der Waals surface area contributed by atoms with E-state index in [4.69, 9.17) is 20.0 Å². The topological polar surface area (TPSA) is 94.8 Å². The highest BCUT2D eigenvalue weighted by molar-refractivity contribution is 7.16. The average Bonchev–Trinajstić information content (AvgIpc) is 3.15. The highest BCUT2D eigenvalue weighted by Gasteiger charge is 2.25. The van der Waals surface area contributed by atoms with Crippen LogP contribution in [-0.2, 0) is 11.3 Å². The molecule has 3 N–H and O–H groups in total. The maximum Gasteiger partial charge on any atom is 0.296 e. The van der Waals surface area contributed by atoms with E-state index in [2.05, 4.69) is 35.4 Å². The lowest BCUT2D eigenvalue weighted by Gasteiger charge is -2.20. The van der Waals surface area contributed by atoms with Crippen molar-refractivity contribution in [3.8, 4) is 10.9 Å². The van der Waals surface area contributed by atoms with Crippen LogP contribution >= 0.6 is 11.3 Å². The number of fused-ring (bicyclic) bond motifs is 1. The molecule has 0 atom stereocenters. The minimum absolute atomic E-state index is 0.342. The molecule has 0 saturated carbocycles. The van der Waals surface area contributed by atoms with E-state index in [0.717, 1.165) is 29.7 Å². The number of anilines is 2. The number of hydrazine groups is 1. The van der Waals surface area contributed by atoms with Gasteiger partial charge in [-0.2, -0.15) is 0 Å². The lowest BCUT2D eigenvalue weighted by atomic mass is 10.1. The van der Waals surface area contributed by atoms with E-state index in [0.29, 0.717) is 23.7 Å². The van der Waals surface area contributed by atoms with Gasteiger partial charge in [0.15, 0.2) is 5.75 Å². The number of nitrogen functional groups attached to an aromatic ring is 1. The minimum atomic E-state index is -1.10. The SMILES string of the molecule is C[Si](C)(C)CCOCN1NOc2cccc(COc3nnc(N)s3)c21. The van der Waals surface area contributed by atoms with Gasteiger partial charge >= 0.3 is 0 Å². The number of ether oxygens (including phenoxy) is 2. The summed E-state index contributed by atoms with van der Waals surface area (Å²) >= 11 is 1.21. The third-order valence-electron chi connectivity index (χ3n) is 3.61. The van der Waals surface area contributed by atoms with Crippen molar-refractivity contribution >= 4 is 30.2 Å². The molecule has 8 nitrogen and oxygen atoms in total. The number of rotatable bonds is 8. The zero-order chi connectivity index (χ0) is 17.9. The summed E-state index contributed by atoms with van der Waals surface area (Å²) in [6, 6.07) is 6.92. The average molecular weight is 382 g/mol. The molecule has 0 radical (unpaired) electrons. The summed E-state index contributed by atoms with van der Waals surface area (Å²) in [5.41, 5.74) is 10.3. The molecular formula is C15H23N5O3SSi. The van der Waals surface area contributed by atoms with Crippen LogP contribution < -0.4 is 25.9 Å². The number of aromatic nitrogens is 2. The third kappa shape index (κ3) is 4.81. The maximum absolute atomic E-state index is 5.81. The second kappa shape index (κ2) is 7.56. The van der Waals surface area contributed by atoms with Crippen LogP contribution in [0.15, 0.2) is 18.2 Å². The Balaban J connectivity index is 1.61. The largest absolute Gasteiger partial charge is 0.464 e. The van der Waals surface area contributed by atoms with Crippen LogP contribution in [0.1, 0.15) is 5.56 Å². The molecule has 10 heteroatoms. The second-order valence-corrected chi connectivity index (χ2v) is 13.5. The Morgan fingerprint density at radius 2 is 2.16 bits per heavy atom. The second-order valence-electron chi connectivity index (χ2n) is 6.93. The monoisotopic (exact) mass is 381 g/mol. The van der Waals surface area contributed by atoms with E-state index in [1.54, 1.807) is 0 Å². The van der Waals surface area contributed by atoms with Gasteiger partial charge in [0.2, 0.25) is 5.13 Å². The van der Waals surface area contributed by atoms with Gasteiger partial charge in [-0.3, -0.25) is 0 Å². The Morgan fingerprint density at radius 3 is 2.88 bits per heavy atom. The third-order valence-corrected chi connectivity index (χ3v) is 5.98. The smallest absolute Gasteiger partial charge is 0.296 e. The Morgan fingerprint density at radius 1 is 1.32 bits per heavy atom. The van der Waals surface area contributed by atoms with Gasteiger partial charge in [0, 0.05) is 20.2 Å². The predicted octanol–water partition coefficient (Wildman–Crippen LogP) is 2.63. The molecule has 0 unspecified atom stereocenters. The number of benzene rings is 1. The van der Waals surface area contributed by atoms with Gasteiger partial charge < -0.3 is 20.0 Å². The van der Waals surface area contributed by atoms with Crippen molar-refractivity contribution in [3.63, 3.8) is 0 Å². The number of hydrogen-bond acceptors (Lipinski definition) is 9. The molecule has 0 amide bonds. The molecule has 1 aromatic carbocycles. The van der Waals surface area contributed by atoms with Gasteiger partial charge in [-0.25, -0.2) is 5.01 Å². The molecule has 1 aliphatic heterocycles. The molecule has 136 valence electrons. The van der Waals surface area contributed by atoms with Crippen molar-refractivity contribution < 1.29 is 14.3 Å². The fourth-order valence-corrected chi connectivity index (χ4v) is 3.48. The van der Waals surface area contributed by atoms with Crippen molar-refractivity contribution in [1.82, 2.24) is 15.8 Å². The van der Waals surface area contributed by atoms with Crippen LogP contribution in [0.4, 0.5) is 10.8 Å². The van der Waals surface area contributed by atoms with Gasteiger partial charge in [-0.05, 0) is 23.4 Å². The normalized spacial score (nSPS) is 13.6. The molecule has 0 aliphatic carbocycles. The van der Waals surface area contributed by atoms with Gasteiger partial charge in [-0.1, -0.05) is 42.5 Å². The molecule has 3 rings (SSSR count). The summed E-state index contributed by atoms with van der Waals surface area (Å²) < 4.78 is 11.5. The number of nitrogens with one attached hydrogen (secondary N) is 1. The first kappa shape index (κ1) is 17.9. The first-order valence-corrected chi connectivity index (χ1v) is 12.6. The van der Waals surface area contributed by atoms with E-state index in [9.17, 15) is 0 Å². The first-order chi connectivity index (χ1) is 11.9. The molecule has 2 heterocycles. The Bertz CT molecular complexity index is 721. The van der Waals surface area contributed by atoms with E-state index >= 15 is 0 Å². The van der Waals surface area contributed by atoms with Crippen LogP contribution in [0.25, 0.3) is 0 Å². The predicted molar refractivity (Wildman–Crippen MR) is 100 cm³/mol. The number of para-hydroxylation sites is 1. The quantitative estimate of drug-likeness (QED) is 0.532. The Labute approximate surface area is 151 Å². The highest BCUT2D eigenvalue weighted by atomic mass is 32.1. The van der Waals surface area contributed by atoms with Crippen LogP contribution in [0.5, 0.6) is 10.9 Å². The summed E-state index contributed by atoms with van der Waals surface area (Å²) in [4.78, 5) is 5.51. The summed E-state index contributed by atoms with van der Waals surface area (Å²) in [6.45, 7) is 8.48. The molecule has 2 aromatic rings. The maximum atomic E-state index is 5.81. The zero-order valence-corrected chi connectivity index (χ0v) is 16.4. The molecule has 1 aromatic heterocycles. The minimum Gasteiger partial charge on any atom is -0.464 e. The summed E-state index contributed by atoms with van der Waals surface area (Å²) in [5, 5.41) is 10.3. The van der Waals surface area contributed by atoms with Crippen molar-refractivity contribution in [1.29, 1.82) is 0 Å². The number of nitrogens with zero attached hydrogens (tertiary/aromatic N) is 3. The molecule has 0 bridgehead atoms. The van der Waals surface area contributed by atoms with E-state index in [1.165, 1.54) is 11.3 Å². The van der Waals surface area contributed by atoms with Crippen molar-refractivity contribution in [2.75, 3.05) is 24.1 Å². The van der Waals surface area contributed by atoms with Crippen LogP contribution in [-0.4, -0.2) is 31.6 Å². The number of nitrogens with two attached hydrogens (primary N) is 1. The zero-order valence-electron chi connectivity index (χ0n) is 14.6. The molecule has 1 aliphatic rings. The van der Waals surface area contributed by atoms with E-state index < -0.39 is 8.07 Å². The van der Waals surface area contributed by atoms with E-state index in [1.807, 2.05) is 23.2 Å². The molecule has 0 spiro atoms. The van der Waals surface area contributed by atoms with Gasteiger partial charge in [0.1, 0.15) is 19.0 Å². The Kier molecular flexibility index (Phi) is 5.42. The van der Waals surface area contributed by atoms with Crippen LogP contribution in [0, 0.1) is 0 Å². The van der Waals surface area contributed by atoms with Gasteiger partial charge in [-0.15, -0.1) is 5.10 Å². The summed E-state index contributed by atoms with van der Waals surface area (Å²) in [5.74, 6) is 0.742. The summed E-state index contributed by atoms with van der Waals surface area (Å²) in [6.07, 6.45) is 0. The molecule has 0 fully saturated rings.